The van der Waals surface area contributed by atoms with Gasteiger partial charge in [0.05, 0.1) is 35.9 Å². The van der Waals surface area contributed by atoms with Gasteiger partial charge in [0.25, 0.3) is 0 Å². The zero-order valence-electron chi connectivity index (χ0n) is 24.0. The number of amides is 2. The molecule has 42 heavy (non-hydrogen) atoms. The summed E-state index contributed by atoms with van der Waals surface area (Å²) in [6, 6.07) is 6.91. The Morgan fingerprint density at radius 1 is 1.17 bits per heavy atom. The van der Waals surface area contributed by atoms with Crippen LogP contribution in [0.1, 0.15) is 76.3 Å². The van der Waals surface area contributed by atoms with E-state index in [-0.39, 0.29) is 51.7 Å². The Labute approximate surface area is 255 Å². The molecule has 8 nitrogen and oxygen atoms in total. The Hall–Kier alpha value is -2.30. The minimum atomic E-state index is -1.36. The lowest BCUT2D eigenvalue weighted by Crippen LogP contribution is -2.61. The summed E-state index contributed by atoms with van der Waals surface area (Å²) in [6.07, 6.45) is 3.14. The van der Waals surface area contributed by atoms with Crippen molar-refractivity contribution in [2.45, 2.75) is 100 Å². The molecule has 1 aromatic carbocycles. The first-order chi connectivity index (χ1) is 19.9. The van der Waals surface area contributed by atoms with Gasteiger partial charge in [-0.15, -0.1) is 0 Å². The van der Waals surface area contributed by atoms with Gasteiger partial charge < -0.3 is 20.5 Å². The number of aliphatic hydroxyl groups excluding tert-OH is 1. The number of nitrogens with zero attached hydrogens (tertiary/aromatic N) is 1. The molecule has 2 saturated heterocycles. The molecular weight excluding hydrogens is 582 g/mol. The maximum Gasteiger partial charge on any atom is 0.238 e. The molecule has 6 atom stereocenters. The van der Waals surface area contributed by atoms with Gasteiger partial charge in [-0.1, -0.05) is 55.2 Å². The SMILES string of the molecule is C[C@@H](O)[C@@H]1CC[C@@H](NC(=O)[C@@H]2NC3(CCC(C)(C)CC3)[C@@]3(C(=O)Nc4nc(Cl)ccc43)[C@H]2c2cccc(Cl)c2F)CO1. The third-order valence-electron chi connectivity index (χ3n) is 10.1. The van der Waals surface area contributed by atoms with Crippen LogP contribution in [0.5, 0.6) is 0 Å². The number of aromatic nitrogens is 1. The van der Waals surface area contributed by atoms with E-state index in [1.54, 1.807) is 31.2 Å². The zero-order chi connectivity index (χ0) is 30.0. The Bertz CT molecular complexity index is 1400. The Balaban J connectivity index is 1.49. The normalized spacial score (nSPS) is 32.0. The smallest absolute Gasteiger partial charge is 0.238 e. The molecule has 3 fully saturated rings. The molecule has 0 unspecified atom stereocenters. The molecule has 3 aliphatic heterocycles. The van der Waals surface area contributed by atoms with Gasteiger partial charge >= 0.3 is 0 Å². The van der Waals surface area contributed by atoms with Crippen LogP contribution in [0, 0.1) is 11.2 Å². The standard InChI is InChI=1S/C31H37Cl2FN4O4/c1-16(39)21-9-7-17(15-42-21)35-27(40)25-23(18-5-4-6-20(32)24(18)34)31(30(38-25)13-11-29(2,3)12-14-30)19-8-10-22(33)36-26(19)37-28(31)41/h4-6,8,10,16-17,21,23,25,38-39H,7,9,11-15H2,1-3H3,(H,35,40)(H,36,37,41)/t16-,17-,21+,23+,25-,31-/m1/s1. The van der Waals surface area contributed by atoms with Gasteiger partial charge in [-0.25, -0.2) is 9.37 Å². The van der Waals surface area contributed by atoms with E-state index < -0.39 is 34.8 Å². The highest BCUT2D eigenvalue weighted by Gasteiger charge is 2.73. The monoisotopic (exact) mass is 618 g/mol. The van der Waals surface area contributed by atoms with Crippen LogP contribution in [0.15, 0.2) is 30.3 Å². The van der Waals surface area contributed by atoms with Crippen molar-refractivity contribution >= 4 is 40.8 Å². The van der Waals surface area contributed by atoms with E-state index in [2.05, 4.69) is 34.8 Å². The van der Waals surface area contributed by atoms with Gasteiger partial charge in [0, 0.05) is 17.0 Å². The minimum Gasteiger partial charge on any atom is -0.391 e. The molecule has 1 aromatic heterocycles. The number of pyridine rings is 1. The number of nitrogens with one attached hydrogen (secondary N) is 3. The lowest BCUT2D eigenvalue weighted by atomic mass is 9.53. The van der Waals surface area contributed by atoms with Crippen LogP contribution in [0.2, 0.25) is 10.2 Å². The van der Waals surface area contributed by atoms with E-state index in [1.807, 2.05) is 0 Å². The average Bonchev–Trinajstić information content (AvgIpc) is 3.40. The first-order valence-corrected chi connectivity index (χ1v) is 15.4. The number of halogens is 3. The highest BCUT2D eigenvalue weighted by atomic mass is 35.5. The summed E-state index contributed by atoms with van der Waals surface area (Å²) >= 11 is 12.6. The molecule has 11 heteroatoms. The van der Waals surface area contributed by atoms with Crippen molar-refractivity contribution in [3.8, 4) is 0 Å². The predicted octanol–water partition coefficient (Wildman–Crippen LogP) is 4.86. The fraction of sp³-hybridized carbons (Fsp3) is 0.581. The van der Waals surface area contributed by atoms with Crippen molar-refractivity contribution < 1.29 is 23.8 Å². The van der Waals surface area contributed by atoms with Crippen LogP contribution >= 0.6 is 23.2 Å². The lowest BCUT2D eigenvalue weighted by Gasteiger charge is -2.50. The van der Waals surface area contributed by atoms with Gasteiger partial charge in [0.2, 0.25) is 11.8 Å². The fourth-order valence-electron chi connectivity index (χ4n) is 7.84. The molecule has 2 aromatic rings. The van der Waals surface area contributed by atoms with E-state index in [0.717, 1.165) is 12.8 Å². The van der Waals surface area contributed by atoms with E-state index >= 15 is 4.39 Å². The maximum atomic E-state index is 16.0. The number of aliphatic hydroxyl groups is 1. The van der Waals surface area contributed by atoms with Crippen LogP contribution in [-0.4, -0.2) is 58.3 Å². The van der Waals surface area contributed by atoms with Crippen LogP contribution in [0.25, 0.3) is 0 Å². The topological polar surface area (TPSA) is 113 Å². The number of fused-ring (bicyclic) bond motifs is 3. The summed E-state index contributed by atoms with van der Waals surface area (Å²) in [4.78, 5) is 33.2. The molecule has 2 spiro atoms. The van der Waals surface area contributed by atoms with E-state index in [4.69, 9.17) is 27.9 Å². The molecule has 0 bridgehead atoms. The van der Waals surface area contributed by atoms with Gasteiger partial charge in [0.1, 0.15) is 22.2 Å². The van der Waals surface area contributed by atoms with Crippen molar-refractivity contribution in [1.29, 1.82) is 0 Å². The van der Waals surface area contributed by atoms with Crippen molar-refractivity contribution in [3.63, 3.8) is 0 Å². The van der Waals surface area contributed by atoms with Crippen molar-refractivity contribution in [1.82, 2.24) is 15.6 Å². The fourth-order valence-corrected chi connectivity index (χ4v) is 8.17. The Kier molecular flexibility index (Phi) is 7.58. The molecule has 6 rings (SSSR count). The van der Waals surface area contributed by atoms with Gasteiger partial charge in [0.15, 0.2) is 0 Å². The van der Waals surface area contributed by atoms with Crippen molar-refractivity contribution in [2.75, 3.05) is 11.9 Å². The molecule has 2 amide bonds. The summed E-state index contributed by atoms with van der Waals surface area (Å²) in [7, 11) is 0. The number of carbonyl (C=O) groups excluding carboxylic acids is 2. The van der Waals surface area contributed by atoms with E-state index in [9.17, 15) is 14.7 Å². The summed E-state index contributed by atoms with van der Waals surface area (Å²) in [6.45, 7) is 6.34. The third-order valence-corrected chi connectivity index (χ3v) is 10.6. The largest absolute Gasteiger partial charge is 0.391 e. The maximum absolute atomic E-state index is 16.0. The minimum absolute atomic E-state index is 0.0429. The lowest BCUT2D eigenvalue weighted by molar-refractivity contribution is -0.126. The zero-order valence-corrected chi connectivity index (χ0v) is 25.5. The van der Waals surface area contributed by atoms with E-state index in [0.29, 0.717) is 37.1 Å². The molecule has 0 radical (unpaired) electrons. The molecule has 4 heterocycles. The van der Waals surface area contributed by atoms with Gasteiger partial charge in [-0.3, -0.25) is 14.9 Å². The summed E-state index contributed by atoms with van der Waals surface area (Å²) in [5.41, 5.74) is -1.38. The van der Waals surface area contributed by atoms with Gasteiger partial charge in [-0.2, -0.15) is 0 Å². The third kappa shape index (κ3) is 4.63. The molecule has 4 aliphatic rings. The number of anilines is 1. The summed E-state index contributed by atoms with van der Waals surface area (Å²) in [5, 5.41) is 19.8. The molecule has 1 aliphatic carbocycles. The number of hydrogen-bond donors (Lipinski definition) is 4. The van der Waals surface area contributed by atoms with Crippen molar-refractivity contribution in [2.24, 2.45) is 5.41 Å². The Morgan fingerprint density at radius 2 is 1.90 bits per heavy atom. The van der Waals surface area contributed by atoms with Gasteiger partial charge in [-0.05, 0) is 68.6 Å². The second-order valence-corrected chi connectivity index (χ2v) is 14.0. The second kappa shape index (κ2) is 10.7. The van der Waals surface area contributed by atoms with E-state index in [1.165, 1.54) is 6.07 Å². The predicted molar refractivity (Wildman–Crippen MR) is 158 cm³/mol. The van der Waals surface area contributed by atoms with Crippen LogP contribution in [-0.2, 0) is 19.7 Å². The average molecular weight is 620 g/mol. The highest BCUT2D eigenvalue weighted by Crippen LogP contribution is 2.63. The molecule has 226 valence electrons. The number of ether oxygens (including phenoxy) is 1. The number of hydrogen-bond acceptors (Lipinski definition) is 6. The second-order valence-electron chi connectivity index (χ2n) is 13.2. The molecule has 4 N–H and O–H groups in total. The van der Waals surface area contributed by atoms with Crippen molar-refractivity contribution in [3.05, 3.63) is 57.5 Å². The highest BCUT2D eigenvalue weighted by molar-refractivity contribution is 6.31. The number of carbonyl (C=O) groups is 2. The first-order valence-electron chi connectivity index (χ1n) is 14.7. The summed E-state index contributed by atoms with van der Waals surface area (Å²) < 4.78 is 21.9. The molecule has 1 saturated carbocycles. The van der Waals surface area contributed by atoms with Crippen LogP contribution in [0.4, 0.5) is 10.2 Å². The quantitative estimate of drug-likeness (QED) is 0.364. The number of benzene rings is 1. The van der Waals surface area contributed by atoms with Crippen LogP contribution < -0.4 is 16.0 Å². The van der Waals surface area contributed by atoms with Crippen LogP contribution in [0.3, 0.4) is 0 Å². The Morgan fingerprint density at radius 3 is 2.57 bits per heavy atom. The number of rotatable bonds is 4. The first kappa shape index (κ1) is 29.8. The molecular formula is C31H37Cl2FN4O4. The summed E-state index contributed by atoms with van der Waals surface area (Å²) in [5.74, 6) is -1.93.